The number of alkyl halides is 2. The van der Waals surface area contributed by atoms with Crippen LogP contribution in [0.3, 0.4) is 0 Å². The Kier molecular flexibility index (Phi) is 4.41. The van der Waals surface area contributed by atoms with Gasteiger partial charge >= 0.3 is 6.61 Å². The second-order valence-corrected chi connectivity index (χ2v) is 5.13. The monoisotopic (exact) mass is 353 g/mol. The van der Waals surface area contributed by atoms with Crippen LogP contribution in [-0.2, 0) is 0 Å². The third-order valence-electron chi connectivity index (χ3n) is 3.31. The Bertz CT molecular complexity index is 901. The molecule has 2 aromatic heterocycles. The number of imidazole rings is 1. The van der Waals surface area contributed by atoms with Gasteiger partial charge in [-0.05, 0) is 18.2 Å². The van der Waals surface area contributed by atoms with E-state index in [1.165, 1.54) is 34.8 Å². The molecule has 0 saturated carbocycles. The zero-order valence-corrected chi connectivity index (χ0v) is 12.7. The molecular formula is C15H10ClF2N3O3. The van der Waals surface area contributed by atoms with Gasteiger partial charge in [-0.2, -0.15) is 13.9 Å². The first-order valence-electron chi connectivity index (χ1n) is 6.73. The summed E-state index contributed by atoms with van der Waals surface area (Å²) in [5.41, 5.74) is 0.254. The lowest BCUT2D eigenvalue weighted by Gasteiger charge is -2.15. The molecule has 1 atom stereocenters. The van der Waals surface area contributed by atoms with E-state index in [2.05, 4.69) is 14.8 Å². The van der Waals surface area contributed by atoms with Crippen molar-refractivity contribution in [3.8, 4) is 5.75 Å². The molecule has 9 heteroatoms. The van der Waals surface area contributed by atoms with E-state index in [9.17, 15) is 18.7 Å². The molecule has 0 bridgehead atoms. The largest absolute Gasteiger partial charge is 0.434 e. The number of carbonyl (C=O) groups is 1. The van der Waals surface area contributed by atoms with Crippen molar-refractivity contribution in [1.82, 2.24) is 14.6 Å². The lowest BCUT2D eigenvalue weighted by molar-refractivity contribution is -0.0513. The number of halogens is 3. The second kappa shape index (κ2) is 6.50. The Balaban J connectivity index is 2.17. The first kappa shape index (κ1) is 16.3. The van der Waals surface area contributed by atoms with Crippen molar-refractivity contribution >= 4 is 23.5 Å². The average molecular weight is 354 g/mol. The van der Waals surface area contributed by atoms with Gasteiger partial charge in [0.25, 0.3) is 0 Å². The molecule has 0 radical (unpaired) electrons. The summed E-state index contributed by atoms with van der Waals surface area (Å²) in [6, 6.07) is 8.71. The van der Waals surface area contributed by atoms with Crippen LogP contribution in [0, 0.1) is 0 Å². The molecule has 0 aliphatic rings. The van der Waals surface area contributed by atoms with Crippen molar-refractivity contribution in [2.24, 2.45) is 0 Å². The Labute approximate surface area is 139 Å². The highest BCUT2D eigenvalue weighted by Crippen LogP contribution is 2.32. The van der Waals surface area contributed by atoms with E-state index in [4.69, 9.17) is 11.6 Å². The van der Waals surface area contributed by atoms with Gasteiger partial charge in [-0.25, -0.2) is 9.50 Å². The van der Waals surface area contributed by atoms with Crippen molar-refractivity contribution in [3.05, 3.63) is 58.5 Å². The summed E-state index contributed by atoms with van der Waals surface area (Å²) < 4.78 is 30.7. The van der Waals surface area contributed by atoms with E-state index >= 15 is 0 Å². The van der Waals surface area contributed by atoms with Crippen LogP contribution in [0.2, 0.25) is 5.15 Å². The number of fused-ring (bicyclic) bond motifs is 1. The van der Waals surface area contributed by atoms with Gasteiger partial charge in [0, 0.05) is 5.56 Å². The van der Waals surface area contributed by atoms with Crippen LogP contribution in [0.1, 0.15) is 27.8 Å². The zero-order chi connectivity index (χ0) is 17.3. The summed E-state index contributed by atoms with van der Waals surface area (Å²) in [4.78, 5) is 15.3. The van der Waals surface area contributed by atoms with Crippen LogP contribution >= 0.6 is 11.6 Å². The van der Waals surface area contributed by atoms with E-state index < -0.39 is 12.7 Å². The SMILES string of the molecule is O=Cc1nc2ccc(Cl)nn2c1C(O)c1ccccc1OC(F)F. The highest BCUT2D eigenvalue weighted by atomic mass is 35.5. The van der Waals surface area contributed by atoms with Gasteiger partial charge in [0.1, 0.15) is 28.4 Å². The van der Waals surface area contributed by atoms with E-state index in [1.54, 1.807) is 6.07 Å². The number of hydrogen-bond donors (Lipinski definition) is 1. The number of ether oxygens (including phenoxy) is 1. The number of rotatable bonds is 5. The lowest BCUT2D eigenvalue weighted by Crippen LogP contribution is -2.11. The van der Waals surface area contributed by atoms with Gasteiger partial charge in [-0.3, -0.25) is 4.79 Å². The molecule has 0 aliphatic carbocycles. The van der Waals surface area contributed by atoms with Crippen molar-refractivity contribution < 1.29 is 23.4 Å². The van der Waals surface area contributed by atoms with E-state index in [-0.39, 0.29) is 33.5 Å². The van der Waals surface area contributed by atoms with Crippen LogP contribution in [0.25, 0.3) is 5.65 Å². The molecule has 3 rings (SSSR count). The predicted molar refractivity (Wildman–Crippen MR) is 80.5 cm³/mol. The number of para-hydroxylation sites is 1. The molecule has 124 valence electrons. The van der Waals surface area contributed by atoms with Gasteiger partial charge in [-0.15, -0.1) is 0 Å². The maximum atomic E-state index is 12.6. The van der Waals surface area contributed by atoms with Crippen molar-refractivity contribution in [3.63, 3.8) is 0 Å². The van der Waals surface area contributed by atoms with Crippen LogP contribution in [0.4, 0.5) is 8.78 Å². The molecule has 0 fully saturated rings. The van der Waals surface area contributed by atoms with E-state index in [0.29, 0.717) is 6.29 Å². The summed E-state index contributed by atoms with van der Waals surface area (Å²) >= 11 is 5.84. The molecule has 1 unspecified atom stereocenters. The van der Waals surface area contributed by atoms with Gasteiger partial charge < -0.3 is 9.84 Å². The number of aldehydes is 1. The van der Waals surface area contributed by atoms with Crippen LogP contribution < -0.4 is 4.74 Å². The van der Waals surface area contributed by atoms with E-state index in [1.807, 2.05) is 0 Å². The first-order valence-corrected chi connectivity index (χ1v) is 7.11. The van der Waals surface area contributed by atoms with Crippen molar-refractivity contribution in [2.45, 2.75) is 12.7 Å². The molecule has 1 N–H and O–H groups in total. The predicted octanol–water partition coefficient (Wildman–Crippen LogP) is 2.88. The van der Waals surface area contributed by atoms with Crippen LogP contribution in [0.5, 0.6) is 5.75 Å². The van der Waals surface area contributed by atoms with Gasteiger partial charge in [-0.1, -0.05) is 29.8 Å². The fourth-order valence-corrected chi connectivity index (χ4v) is 2.48. The number of nitrogens with zero attached hydrogens (tertiary/aromatic N) is 3. The number of aliphatic hydroxyl groups excluding tert-OH is 1. The Morgan fingerprint density at radius 2 is 2.00 bits per heavy atom. The van der Waals surface area contributed by atoms with Gasteiger partial charge in [0.2, 0.25) is 0 Å². The molecule has 1 aromatic carbocycles. The summed E-state index contributed by atoms with van der Waals surface area (Å²) in [6.45, 7) is -3.06. The van der Waals surface area contributed by atoms with Gasteiger partial charge in [0.05, 0.1) is 0 Å². The molecule has 0 amide bonds. The molecule has 2 heterocycles. The summed E-state index contributed by atoms with van der Waals surface area (Å²) in [5.74, 6) is -0.214. The van der Waals surface area contributed by atoms with Gasteiger partial charge in [0.15, 0.2) is 11.9 Å². The molecule has 24 heavy (non-hydrogen) atoms. The van der Waals surface area contributed by atoms with Crippen LogP contribution in [-0.4, -0.2) is 32.6 Å². The number of carbonyl (C=O) groups excluding carboxylic acids is 1. The van der Waals surface area contributed by atoms with Crippen molar-refractivity contribution in [1.29, 1.82) is 0 Å². The summed E-state index contributed by atoms with van der Waals surface area (Å²) in [7, 11) is 0. The third kappa shape index (κ3) is 2.93. The van der Waals surface area contributed by atoms with Crippen molar-refractivity contribution in [2.75, 3.05) is 0 Å². The van der Waals surface area contributed by atoms with E-state index in [0.717, 1.165) is 0 Å². The maximum Gasteiger partial charge on any atom is 0.387 e. The summed E-state index contributed by atoms with van der Waals surface area (Å²) in [6.07, 6.45) is -1.03. The second-order valence-electron chi connectivity index (χ2n) is 4.75. The third-order valence-corrected chi connectivity index (χ3v) is 3.51. The Hall–Kier alpha value is -2.58. The average Bonchev–Trinajstić information content (AvgIpc) is 2.91. The zero-order valence-electron chi connectivity index (χ0n) is 11.9. The Morgan fingerprint density at radius 1 is 1.25 bits per heavy atom. The number of hydrogen-bond acceptors (Lipinski definition) is 5. The minimum absolute atomic E-state index is 0.00724. The molecular weight excluding hydrogens is 344 g/mol. The topological polar surface area (TPSA) is 76.7 Å². The molecule has 0 saturated heterocycles. The minimum Gasteiger partial charge on any atom is -0.434 e. The first-order chi connectivity index (χ1) is 11.5. The van der Waals surface area contributed by atoms with Crippen LogP contribution in [0.15, 0.2) is 36.4 Å². The number of aliphatic hydroxyl groups is 1. The normalized spacial score (nSPS) is 12.5. The highest BCUT2D eigenvalue weighted by molar-refractivity contribution is 6.29. The lowest BCUT2D eigenvalue weighted by atomic mass is 10.0. The smallest absolute Gasteiger partial charge is 0.387 e. The maximum absolute atomic E-state index is 12.6. The molecule has 0 spiro atoms. The fraction of sp³-hybridized carbons (Fsp3) is 0.133. The molecule has 0 aliphatic heterocycles. The fourth-order valence-electron chi connectivity index (χ4n) is 2.34. The highest BCUT2D eigenvalue weighted by Gasteiger charge is 2.25. The number of aromatic nitrogens is 3. The standard InChI is InChI=1S/C15H10ClF2N3O3/c16-11-5-6-12-19-9(7-22)13(21(12)20-11)14(23)8-3-1-2-4-10(8)24-15(17)18/h1-7,14-15,23H. The Morgan fingerprint density at radius 3 is 2.71 bits per heavy atom. The minimum atomic E-state index is -3.06. The number of benzene rings is 1. The molecule has 3 aromatic rings. The molecule has 6 nitrogen and oxygen atoms in total. The summed E-state index contributed by atoms with van der Waals surface area (Å²) in [5, 5.41) is 14.8. The quantitative estimate of drug-likeness (QED) is 0.714.